The normalized spacial score (nSPS) is 18.5. The van der Waals surface area contributed by atoms with Gasteiger partial charge in [-0.1, -0.05) is 60.7 Å². The number of hydrogen-bond donors (Lipinski definition) is 0. The third kappa shape index (κ3) is 3.99. The first-order valence-corrected chi connectivity index (χ1v) is 11.3. The van der Waals surface area contributed by atoms with Crippen LogP contribution in [0.2, 0.25) is 0 Å². The fourth-order valence-corrected chi connectivity index (χ4v) is 5.22. The number of hydrogen-bond acceptors (Lipinski definition) is 3. The molecule has 0 unspecified atom stereocenters. The van der Waals surface area contributed by atoms with Gasteiger partial charge in [-0.2, -0.15) is 0 Å². The van der Waals surface area contributed by atoms with E-state index in [9.17, 15) is 0 Å². The standard InChI is InChI=1S/C27H31N3/c1-21-12-13-26(18-28-21)29-16-14-22(15-17-29)25-19-30(20-25)27(23-8-4-2-5-9-23)24-10-6-3-7-11-24/h2-13,18,22,25,27H,14-17,19-20H2,1H3. The number of benzene rings is 2. The van der Waals surface area contributed by atoms with Crippen molar-refractivity contribution >= 4 is 5.69 Å². The average molecular weight is 398 g/mol. The average Bonchev–Trinajstić information content (AvgIpc) is 2.78. The van der Waals surface area contributed by atoms with E-state index in [1.54, 1.807) is 0 Å². The molecule has 0 aliphatic carbocycles. The fraction of sp³-hybridized carbons (Fsp3) is 0.370. The van der Waals surface area contributed by atoms with Gasteiger partial charge in [-0.15, -0.1) is 0 Å². The van der Waals surface area contributed by atoms with Gasteiger partial charge in [0, 0.05) is 31.9 Å². The molecule has 3 heterocycles. The van der Waals surface area contributed by atoms with Gasteiger partial charge >= 0.3 is 0 Å². The number of nitrogens with zero attached hydrogens (tertiary/aromatic N) is 3. The van der Waals surface area contributed by atoms with Crippen molar-refractivity contribution in [3.63, 3.8) is 0 Å². The van der Waals surface area contributed by atoms with Crippen molar-refractivity contribution in [2.24, 2.45) is 11.8 Å². The molecule has 5 rings (SSSR count). The van der Waals surface area contributed by atoms with E-state index in [2.05, 4.69) is 94.5 Å². The summed E-state index contributed by atoms with van der Waals surface area (Å²) in [5, 5.41) is 0. The zero-order valence-corrected chi connectivity index (χ0v) is 17.8. The first kappa shape index (κ1) is 19.3. The molecule has 2 aromatic carbocycles. The van der Waals surface area contributed by atoms with Crippen molar-refractivity contribution in [3.05, 3.63) is 95.8 Å². The van der Waals surface area contributed by atoms with Gasteiger partial charge in [-0.05, 0) is 54.9 Å². The lowest BCUT2D eigenvalue weighted by Crippen LogP contribution is -2.53. The second-order valence-electron chi connectivity index (χ2n) is 8.92. The topological polar surface area (TPSA) is 19.4 Å². The van der Waals surface area contributed by atoms with Crippen LogP contribution < -0.4 is 4.90 Å². The highest BCUT2D eigenvalue weighted by Crippen LogP contribution is 2.39. The maximum absolute atomic E-state index is 4.47. The zero-order valence-electron chi connectivity index (χ0n) is 17.8. The van der Waals surface area contributed by atoms with Crippen LogP contribution in [0.25, 0.3) is 0 Å². The van der Waals surface area contributed by atoms with E-state index in [0.717, 1.165) is 30.6 Å². The molecule has 30 heavy (non-hydrogen) atoms. The van der Waals surface area contributed by atoms with Gasteiger partial charge in [0.1, 0.15) is 0 Å². The summed E-state index contributed by atoms with van der Waals surface area (Å²) in [6, 6.07) is 26.7. The van der Waals surface area contributed by atoms with E-state index >= 15 is 0 Å². The molecule has 0 atom stereocenters. The van der Waals surface area contributed by atoms with Gasteiger partial charge in [0.2, 0.25) is 0 Å². The van der Waals surface area contributed by atoms with Crippen molar-refractivity contribution in [1.29, 1.82) is 0 Å². The van der Waals surface area contributed by atoms with Crippen LogP contribution in [-0.2, 0) is 0 Å². The van der Waals surface area contributed by atoms with Crippen molar-refractivity contribution in [3.8, 4) is 0 Å². The van der Waals surface area contributed by atoms with Crippen LogP contribution >= 0.6 is 0 Å². The molecule has 0 amide bonds. The van der Waals surface area contributed by atoms with Crippen LogP contribution in [0.5, 0.6) is 0 Å². The van der Waals surface area contributed by atoms with Crippen molar-refractivity contribution < 1.29 is 0 Å². The summed E-state index contributed by atoms with van der Waals surface area (Å²) in [6.07, 6.45) is 4.63. The van der Waals surface area contributed by atoms with Gasteiger partial charge in [-0.25, -0.2) is 0 Å². The fourth-order valence-electron chi connectivity index (χ4n) is 5.22. The minimum Gasteiger partial charge on any atom is -0.370 e. The molecule has 0 N–H and O–H groups in total. The third-order valence-electron chi connectivity index (χ3n) is 7.00. The molecule has 154 valence electrons. The predicted octanol–water partition coefficient (Wildman–Crippen LogP) is 5.33. The number of piperidine rings is 1. The number of rotatable bonds is 5. The third-order valence-corrected chi connectivity index (χ3v) is 7.00. The zero-order chi connectivity index (χ0) is 20.3. The Hall–Kier alpha value is -2.65. The Kier molecular flexibility index (Phi) is 5.54. The Morgan fingerprint density at radius 2 is 1.37 bits per heavy atom. The number of aryl methyl sites for hydroxylation is 1. The molecule has 3 nitrogen and oxygen atoms in total. The molecular weight excluding hydrogens is 366 g/mol. The molecule has 0 spiro atoms. The maximum Gasteiger partial charge on any atom is 0.0602 e. The lowest BCUT2D eigenvalue weighted by Gasteiger charge is -2.49. The minimum absolute atomic E-state index is 0.377. The van der Waals surface area contributed by atoms with E-state index in [0.29, 0.717) is 6.04 Å². The number of pyridine rings is 1. The van der Waals surface area contributed by atoms with Crippen LogP contribution in [0.15, 0.2) is 79.0 Å². The summed E-state index contributed by atoms with van der Waals surface area (Å²) in [6.45, 7) is 6.80. The lowest BCUT2D eigenvalue weighted by atomic mass is 9.78. The molecule has 0 radical (unpaired) electrons. The largest absolute Gasteiger partial charge is 0.370 e. The molecule has 2 saturated heterocycles. The molecule has 3 heteroatoms. The van der Waals surface area contributed by atoms with E-state index < -0.39 is 0 Å². The van der Waals surface area contributed by atoms with Crippen LogP contribution in [0.3, 0.4) is 0 Å². The number of anilines is 1. The SMILES string of the molecule is Cc1ccc(N2CCC(C3CN(C(c4ccccc4)c4ccccc4)C3)CC2)cn1. The molecule has 3 aromatic rings. The first-order valence-electron chi connectivity index (χ1n) is 11.3. The Bertz CT molecular complexity index is 885. The monoisotopic (exact) mass is 397 g/mol. The summed E-state index contributed by atoms with van der Waals surface area (Å²) < 4.78 is 0. The Balaban J connectivity index is 1.21. The van der Waals surface area contributed by atoms with E-state index in [-0.39, 0.29) is 0 Å². The highest BCUT2D eigenvalue weighted by atomic mass is 15.2. The summed E-state index contributed by atoms with van der Waals surface area (Å²) >= 11 is 0. The molecular formula is C27H31N3. The van der Waals surface area contributed by atoms with Gasteiger partial charge < -0.3 is 4.90 Å². The summed E-state index contributed by atoms with van der Waals surface area (Å²) in [4.78, 5) is 9.66. The second kappa shape index (κ2) is 8.61. The van der Waals surface area contributed by atoms with Gasteiger partial charge in [0.15, 0.2) is 0 Å². The van der Waals surface area contributed by atoms with Crippen LogP contribution in [0.1, 0.15) is 35.7 Å². The second-order valence-corrected chi connectivity index (χ2v) is 8.92. The summed E-state index contributed by atoms with van der Waals surface area (Å²) in [5.74, 6) is 1.68. The molecule has 2 aliphatic rings. The quantitative estimate of drug-likeness (QED) is 0.580. The van der Waals surface area contributed by atoms with E-state index in [4.69, 9.17) is 0 Å². The highest BCUT2D eigenvalue weighted by molar-refractivity contribution is 5.44. The Morgan fingerprint density at radius 1 is 0.767 bits per heavy atom. The van der Waals surface area contributed by atoms with E-state index in [1.807, 2.05) is 6.20 Å². The summed E-state index contributed by atoms with van der Waals surface area (Å²) in [5.41, 5.74) is 5.18. The smallest absolute Gasteiger partial charge is 0.0602 e. The first-order chi connectivity index (χ1) is 14.8. The van der Waals surface area contributed by atoms with Crippen LogP contribution in [0, 0.1) is 18.8 Å². The predicted molar refractivity (Wildman–Crippen MR) is 124 cm³/mol. The van der Waals surface area contributed by atoms with Crippen molar-refractivity contribution in [2.45, 2.75) is 25.8 Å². The minimum atomic E-state index is 0.377. The van der Waals surface area contributed by atoms with Gasteiger partial charge in [-0.3, -0.25) is 9.88 Å². The Morgan fingerprint density at radius 3 is 1.90 bits per heavy atom. The van der Waals surface area contributed by atoms with Crippen LogP contribution in [0.4, 0.5) is 5.69 Å². The van der Waals surface area contributed by atoms with E-state index in [1.165, 1.54) is 42.7 Å². The molecule has 1 aromatic heterocycles. The van der Waals surface area contributed by atoms with Crippen LogP contribution in [-0.4, -0.2) is 36.1 Å². The summed E-state index contributed by atoms with van der Waals surface area (Å²) in [7, 11) is 0. The molecule has 0 bridgehead atoms. The molecule has 2 fully saturated rings. The molecule has 0 saturated carbocycles. The van der Waals surface area contributed by atoms with Gasteiger partial charge in [0.05, 0.1) is 17.9 Å². The van der Waals surface area contributed by atoms with Crippen molar-refractivity contribution in [2.75, 3.05) is 31.1 Å². The number of aromatic nitrogens is 1. The van der Waals surface area contributed by atoms with Gasteiger partial charge in [0.25, 0.3) is 0 Å². The lowest BCUT2D eigenvalue weighted by molar-refractivity contribution is 0.0239. The Labute approximate surface area is 180 Å². The number of likely N-dealkylation sites (tertiary alicyclic amines) is 1. The molecule has 2 aliphatic heterocycles. The maximum atomic E-state index is 4.47. The van der Waals surface area contributed by atoms with Crippen molar-refractivity contribution in [1.82, 2.24) is 9.88 Å². The highest BCUT2D eigenvalue weighted by Gasteiger charge is 2.39.